The molecule has 0 aliphatic rings. The molecule has 4 nitrogen and oxygen atoms in total. The maximum Gasteiger partial charge on any atom is 0.315 e. The van der Waals surface area contributed by atoms with E-state index in [0.717, 1.165) is 36.0 Å². The molecule has 0 spiro atoms. The lowest BCUT2D eigenvalue weighted by Gasteiger charge is -2.15. The average molecular weight is 663 g/mol. The van der Waals surface area contributed by atoms with Gasteiger partial charge in [-0.1, -0.05) is 164 Å². The second kappa shape index (κ2) is 26.4. The molecule has 0 aromatic heterocycles. The number of allylic oxidation sites excluding steroid dienone is 12. The second-order valence-corrected chi connectivity index (χ2v) is 12.7. The predicted molar refractivity (Wildman–Crippen MR) is 208 cm³/mol. The quantitative estimate of drug-likeness (QED) is 0.0408. The number of hydrogen-bond donors (Lipinski definition) is 2. The van der Waals surface area contributed by atoms with E-state index in [9.17, 15) is 15.0 Å². The van der Waals surface area contributed by atoms with Crippen molar-refractivity contribution in [3.05, 3.63) is 138 Å². The highest BCUT2D eigenvalue weighted by Crippen LogP contribution is 2.33. The third kappa shape index (κ3) is 20.4. The summed E-state index contributed by atoms with van der Waals surface area (Å²) in [5.74, 6) is 1.08. The summed E-state index contributed by atoms with van der Waals surface area (Å²) < 4.78 is 5.81. The zero-order chi connectivity index (χ0) is 35.4. The lowest BCUT2D eigenvalue weighted by atomic mass is 9.97. The molecule has 0 bridgehead atoms. The van der Waals surface area contributed by atoms with Crippen LogP contribution in [0.2, 0.25) is 0 Å². The molecule has 0 aliphatic heterocycles. The van der Waals surface area contributed by atoms with Gasteiger partial charge in [-0.2, -0.15) is 0 Å². The van der Waals surface area contributed by atoms with Crippen LogP contribution in [0.4, 0.5) is 0 Å². The minimum absolute atomic E-state index is 0.154. The Hall–Kier alpha value is -4.53. The number of carbonyl (C=O) groups is 1. The SMILES string of the molecule is CCCCCCCCCCCCc1c(O)cc(CC(C)C)cc1OC(=O)CC=CC=CC=CC=CC=CC=CC=C=Cc1ccc(O)cc1. The van der Waals surface area contributed by atoms with Gasteiger partial charge in [0, 0.05) is 5.56 Å². The number of phenolic OH excluding ortho intramolecular Hbond substituents is 2. The maximum atomic E-state index is 12.7. The molecule has 49 heavy (non-hydrogen) atoms. The largest absolute Gasteiger partial charge is 0.508 e. The Kier molecular flexibility index (Phi) is 21.9. The zero-order valence-corrected chi connectivity index (χ0v) is 30.0. The zero-order valence-electron chi connectivity index (χ0n) is 30.0. The highest BCUT2D eigenvalue weighted by atomic mass is 16.5. The van der Waals surface area contributed by atoms with Crippen LogP contribution in [0.1, 0.15) is 108 Å². The standard InChI is InChI=1S/C45H58O4/c1-4-5-6-7-8-9-17-20-23-26-29-42-43(47)36-40(35-38(2)3)37-44(42)49-45(48)30-27-24-21-18-15-13-11-10-12-14-16-19-22-25-28-39-31-33-41(46)34-32-39/h10-16,18-19,21-22,24,27-28,31-34,36-38,46-47H,4-9,17,20,23,26,29-30,35H2,1-3H3. The number of carbonyl (C=O) groups excluding carboxylic acids is 1. The number of ether oxygens (including phenoxy) is 1. The van der Waals surface area contributed by atoms with E-state index in [2.05, 4.69) is 26.5 Å². The van der Waals surface area contributed by atoms with Crippen molar-refractivity contribution in [2.45, 2.75) is 104 Å². The Bertz CT molecular complexity index is 1460. The highest BCUT2D eigenvalue weighted by molar-refractivity contribution is 5.75. The third-order valence-corrected chi connectivity index (χ3v) is 7.76. The van der Waals surface area contributed by atoms with Crippen LogP contribution in [0.3, 0.4) is 0 Å². The Labute approximate surface area is 296 Å². The summed E-state index contributed by atoms with van der Waals surface area (Å²) in [5.41, 5.74) is 5.78. The van der Waals surface area contributed by atoms with Crippen molar-refractivity contribution in [1.82, 2.24) is 0 Å². The fourth-order valence-corrected chi connectivity index (χ4v) is 5.22. The van der Waals surface area contributed by atoms with Gasteiger partial charge in [-0.25, -0.2) is 0 Å². The van der Waals surface area contributed by atoms with Gasteiger partial charge in [-0.15, -0.1) is 5.73 Å². The van der Waals surface area contributed by atoms with Crippen molar-refractivity contribution in [3.8, 4) is 17.2 Å². The Morgan fingerprint density at radius 3 is 1.88 bits per heavy atom. The van der Waals surface area contributed by atoms with Gasteiger partial charge in [0.1, 0.15) is 17.2 Å². The third-order valence-electron chi connectivity index (χ3n) is 7.76. The lowest BCUT2D eigenvalue weighted by molar-refractivity contribution is -0.133. The summed E-state index contributed by atoms with van der Waals surface area (Å²) in [5, 5.41) is 20.2. The number of benzene rings is 2. The van der Waals surface area contributed by atoms with Crippen molar-refractivity contribution in [2.24, 2.45) is 5.92 Å². The van der Waals surface area contributed by atoms with Crippen LogP contribution in [0.15, 0.2) is 121 Å². The second-order valence-electron chi connectivity index (χ2n) is 12.7. The molecule has 2 aromatic carbocycles. The molecule has 0 aliphatic carbocycles. The molecule has 0 heterocycles. The van der Waals surface area contributed by atoms with Gasteiger partial charge in [0.2, 0.25) is 0 Å². The van der Waals surface area contributed by atoms with Crippen LogP contribution in [-0.2, 0) is 17.6 Å². The van der Waals surface area contributed by atoms with E-state index in [1.807, 2.05) is 103 Å². The van der Waals surface area contributed by atoms with Gasteiger partial charge in [0.25, 0.3) is 0 Å². The normalized spacial score (nSPS) is 12.1. The van der Waals surface area contributed by atoms with Gasteiger partial charge in [0.05, 0.1) is 6.42 Å². The van der Waals surface area contributed by atoms with Gasteiger partial charge in [-0.05, 0) is 72.7 Å². The van der Waals surface area contributed by atoms with E-state index in [4.69, 9.17) is 4.74 Å². The monoisotopic (exact) mass is 662 g/mol. The molecule has 4 heteroatoms. The van der Waals surface area contributed by atoms with Crippen molar-refractivity contribution >= 4 is 12.0 Å². The van der Waals surface area contributed by atoms with Crippen molar-refractivity contribution in [3.63, 3.8) is 0 Å². The number of esters is 1. The van der Waals surface area contributed by atoms with Gasteiger partial charge in [-0.3, -0.25) is 4.79 Å². The fraction of sp³-hybridized carbons (Fsp3) is 0.378. The summed E-state index contributed by atoms with van der Waals surface area (Å²) in [4.78, 5) is 12.7. The van der Waals surface area contributed by atoms with Crippen LogP contribution in [0.5, 0.6) is 17.2 Å². The van der Waals surface area contributed by atoms with E-state index >= 15 is 0 Å². The highest BCUT2D eigenvalue weighted by Gasteiger charge is 2.15. The topological polar surface area (TPSA) is 66.8 Å². The smallest absolute Gasteiger partial charge is 0.315 e. The first-order valence-corrected chi connectivity index (χ1v) is 18.1. The summed E-state index contributed by atoms with van der Waals surface area (Å²) in [6, 6.07) is 10.7. The molecule has 0 radical (unpaired) electrons. The first kappa shape index (κ1) is 40.6. The molecule has 0 amide bonds. The first-order chi connectivity index (χ1) is 23.9. The summed E-state index contributed by atoms with van der Waals surface area (Å²) >= 11 is 0. The number of unbranched alkanes of at least 4 members (excludes halogenated alkanes) is 9. The Morgan fingerprint density at radius 2 is 1.29 bits per heavy atom. The molecule has 2 N–H and O–H groups in total. The summed E-state index contributed by atoms with van der Waals surface area (Å²) in [6.07, 6.45) is 40.7. The van der Waals surface area contributed by atoms with Crippen LogP contribution in [0.25, 0.3) is 6.08 Å². The molecule has 2 aromatic rings. The van der Waals surface area contributed by atoms with E-state index < -0.39 is 0 Å². The van der Waals surface area contributed by atoms with E-state index in [1.165, 1.54) is 51.4 Å². The van der Waals surface area contributed by atoms with Crippen molar-refractivity contribution < 1.29 is 19.7 Å². The molecule has 0 saturated carbocycles. The van der Waals surface area contributed by atoms with Crippen molar-refractivity contribution in [2.75, 3.05) is 0 Å². The molecule has 0 atom stereocenters. The summed E-state index contributed by atoms with van der Waals surface area (Å²) in [6.45, 7) is 6.53. The van der Waals surface area contributed by atoms with Crippen LogP contribution in [0, 0.1) is 5.92 Å². The van der Waals surface area contributed by atoms with Crippen molar-refractivity contribution in [1.29, 1.82) is 0 Å². The first-order valence-electron chi connectivity index (χ1n) is 18.1. The minimum Gasteiger partial charge on any atom is -0.508 e. The van der Waals surface area contributed by atoms with E-state index in [1.54, 1.807) is 18.2 Å². The number of phenols is 2. The molecule has 262 valence electrons. The molecule has 0 unspecified atom stereocenters. The molecule has 0 fully saturated rings. The van der Waals surface area contributed by atoms with Crippen LogP contribution < -0.4 is 4.74 Å². The molecular weight excluding hydrogens is 604 g/mol. The van der Waals surface area contributed by atoms with Gasteiger partial charge >= 0.3 is 5.97 Å². The fourth-order valence-electron chi connectivity index (χ4n) is 5.22. The summed E-state index contributed by atoms with van der Waals surface area (Å²) in [7, 11) is 0. The van der Waals surface area contributed by atoms with Gasteiger partial charge < -0.3 is 14.9 Å². The number of hydrogen-bond acceptors (Lipinski definition) is 4. The van der Waals surface area contributed by atoms with E-state index in [0.29, 0.717) is 18.1 Å². The van der Waals surface area contributed by atoms with Crippen LogP contribution >= 0.6 is 0 Å². The molecule has 0 saturated heterocycles. The number of aromatic hydroxyl groups is 2. The van der Waals surface area contributed by atoms with Crippen LogP contribution in [-0.4, -0.2) is 16.2 Å². The van der Waals surface area contributed by atoms with Gasteiger partial charge in [0.15, 0.2) is 0 Å². The maximum absolute atomic E-state index is 12.7. The predicted octanol–water partition coefficient (Wildman–Crippen LogP) is 12.3. The van der Waals surface area contributed by atoms with E-state index in [-0.39, 0.29) is 23.9 Å². The Balaban J connectivity index is 1.76. The lowest BCUT2D eigenvalue weighted by Crippen LogP contribution is -2.09. The Morgan fingerprint density at radius 1 is 0.735 bits per heavy atom. The average Bonchev–Trinajstić information content (AvgIpc) is 3.07. The molecule has 2 rings (SSSR count). The minimum atomic E-state index is -0.335. The number of rotatable bonds is 23. The molecular formula is C45H58O4.